The molecule has 22 nitrogen and oxygen atoms in total. The van der Waals surface area contributed by atoms with Crippen molar-refractivity contribution < 1.29 is 55.6 Å². The summed E-state index contributed by atoms with van der Waals surface area (Å²) in [6.45, 7) is 3.03. The molecule has 26 heteroatoms. The third-order valence-electron chi connectivity index (χ3n) is 9.45. The van der Waals surface area contributed by atoms with Gasteiger partial charge in [-0.2, -0.15) is 4.98 Å². The van der Waals surface area contributed by atoms with E-state index in [1.807, 2.05) is 0 Å². The molecule has 5 aromatic rings. The number of fused-ring (bicyclic) bond motifs is 2. The molecule has 2 aliphatic rings. The van der Waals surface area contributed by atoms with Crippen LogP contribution in [0.2, 0.25) is 0 Å². The quantitative estimate of drug-likeness (QED) is 0.0891. The predicted octanol–water partition coefficient (Wildman–Crippen LogP) is 1.94. The van der Waals surface area contributed by atoms with Gasteiger partial charge in [-0.15, -0.1) is 0 Å². The number of halogens is 1. The summed E-state index contributed by atoms with van der Waals surface area (Å²) in [5.41, 5.74) is -0.0462. The fourth-order valence-corrected chi connectivity index (χ4v) is 7.76. The van der Waals surface area contributed by atoms with Crippen LogP contribution in [0.3, 0.4) is 0 Å². The molecule has 2 fully saturated rings. The molecule has 2 amide bonds. The lowest BCUT2D eigenvalue weighted by Gasteiger charge is -2.21. The van der Waals surface area contributed by atoms with Crippen molar-refractivity contribution in [1.29, 1.82) is 0 Å². The van der Waals surface area contributed by atoms with Crippen molar-refractivity contribution in [2.75, 3.05) is 37.5 Å². The number of alkyl halides is 1. The number of amides is 2. The highest BCUT2D eigenvalue weighted by Crippen LogP contribution is 2.42. The van der Waals surface area contributed by atoms with Crippen LogP contribution in [0, 0.1) is 5.92 Å². The molecule has 0 spiro atoms. The van der Waals surface area contributed by atoms with E-state index in [1.165, 1.54) is 35.2 Å². The van der Waals surface area contributed by atoms with E-state index in [-0.39, 0.29) is 47.2 Å². The summed E-state index contributed by atoms with van der Waals surface area (Å²) in [7, 11) is -1.17. The van der Waals surface area contributed by atoms with Crippen LogP contribution in [0.4, 0.5) is 16.2 Å². The predicted molar refractivity (Wildman–Crippen MR) is 207 cm³/mol. The van der Waals surface area contributed by atoms with Gasteiger partial charge in [0.2, 0.25) is 11.9 Å². The lowest BCUT2D eigenvalue weighted by molar-refractivity contribution is -0.118. The molecule has 3 N–H and O–H groups in total. The minimum Gasteiger partial charge on any atom is -0.388 e. The Morgan fingerprint density at radius 1 is 0.983 bits per heavy atom. The molecule has 2 aliphatic heterocycles. The number of aromatic nitrogens is 8. The first-order valence-electron chi connectivity index (χ1n) is 18.2. The molecule has 0 saturated carbocycles. The number of nitrogens with zero attached hydrogens (tertiary/aromatic N) is 7. The Morgan fingerprint density at radius 3 is 2.41 bits per heavy atom. The molecule has 2 saturated heterocycles. The summed E-state index contributed by atoms with van der Waals surface area (Å²) in [4.78, 5) is 61.6. The van der Waals surface area contributed by atoms with Crippen LogP contribution in [0.1, 0.15) is 36.7 Å². The Labute approximate surface area is 336 Å². The normalized spacial score (nSPS) is 25.0. The van der Waals surface area contributed by atoms with Crippen molar-refractivity contribution in [3.63, 3.8) is 0 Å². The largest absolute Gasteiger partial charge is 0.388 e. The second-order valence-corrected chi connectivity index (χ2v) is 14.9. The third-order valence-corrected chi connectivity index (χ3v) is 10.6. The standard InChI is InChI=1S/C33H38BFN10O12P2/c1-15(2)28(46)42-33-41-27-21(30(48)43-33)39-14-45(27)32-24(56-58-49)23(51-3)18(55-32)10-53-59(50)57-22-17(9-52-11-34)54-31(19(22)35)44-13-38-20-25(36-12-37-26(20)44)40-29(47)16-7-5-4-6-8-16/h4-8,12-15,17-19,22-24,31-32,59H,9-11,34H2,1-3H3,(H,36,37,40,47)(H2,41,42,43,46,48). The number of H-pyrrole nitrogens is 1. The Kier molecular flexibility index (Phi) is 13.3. The average Bonchev–Trinajstić information content (AvgIpc) is 4.00. The number of anilines is 2. The van der Waals surface area contributed by atoms with Crippen LogP contribution in [0.25, 0.3) is 22.3 Å². The minimum absolute atomic E-state index is 0.00212. The van der Waals surface area contributed by atoms with Crippen LogP contribution < -0.4 is 16.2 Å². The molecule has 4 aromatic heterocycles. The number of carbonyl (C=O) groups is 2. The van der Waals surface area contributed by atoms with Crippen molar-refractivity contribution in [1.82, 2.24) is 39.0 Å². The Balaban J connectivity index is 1.06. The molecule has 0 bridgehead atoms. The van der Waals surface area contributed by atoms with Gasteiger partial charge in [-0.25, -0.2) is 28.9 Å². The summed E-state index contributed by atoms with van der Waals surface area (Å²) in [5, 5.41) is 5.23. The van der Waals surface area contributed by atoms with E-state index in [0.29, 0.717) is 5.56 Å². The van der Waals surface area contributed by atoms with Crippen LogP contribution in [0.15, 0.2) is 54.1 Å². The van der Waals surface area contributed by atoms with Gasteiger partial charge in [-0.3, -0.25) is 42.9 Å². The van der Waals surface area contributed by atoms with E-state index in [1.54, 1.807) is 52.0 Å². The zero-order valence-corrected chi connectivity index (χ0v) is 33.7. The van der Waals surface area contributed by atoms with Gasteiger partial charge >= 0.3 is 16.9 Å². The third kappa shape index (κ3) is 8.86. The van der Waals surface area contributed by atoms with E-state index in [0.717, 1.165) is 0 Å². The van der Waals surface area contributed by atoms with E-state index in [4.69, 9.17) is 32.5 Å². The number of benzene rings is 1. The maximum atomic E-state index is 16.4. The highest BCUT2D eigenvalue weighted by Gasteiger charge is 2.50. The molecule has 312 valence electrons. The van der Waals surface area contributed by atoms with Crippen LogP contribution in [-0.2, 0) is 46.4 Å². The van der Waals surface area contributed by atoms with E-state index in [9.17, 15) is 23.5 Å². The average molecular weight is 858 g/mol. The maximum Gasteiger partial charge on any atom is 0.327 e. The van der Waals surface area contributed by atoms with Gasteiger partial charge in [0.15, 0.2) is 46.8 Å². The smallest absolute Gasteiger partial charge is 0.327 e. The number of carbonyl (C=O) groups excluding carboxylic acids is 2. The molecule has 7 rings (SSSR count). The highest BCUT2D eigenvalue weighted by atomic mass is 31.1. The number of aromatic amines is 1. The van der Waals surface area contributed by atoms with Gasteiger partial charge in [0.25, 0.3) is 11.5 Å². The maximum absolute atomic E-state index is 16.4. The SMILES string of the molecule is BCOCC1OC(n2cnc3c(NC(=O)c4ccccc4)ncnc32)C(F)C1O[PH](=O)OCC1OC(n2cnc3c(=O)[nH]c(NC(=O)C(C)C)nc32)C(OP=O)C1OC. The fourth-order valence-electron chi connectivity index (χ4n) is 6.57. The van der Waals surface area contributed by atoms with Gasteiger partial charge in [0, 0.05) is 25.1 Å². The zero-order chi connectivity index (χ0) is 41.8. The number of hydrogen-bond acceptors (Lipinski definition) is 17. The summed E-state index contributed by atoms with van der Waals surface area (Å²) in [5.74, 6) is -1.30. The summed E-state index contributed by atoms with van der Waals surface area (Å²) in [6, 6.07) is 8.46. The molecule has 0 radical (unpaired) electrons. The monoisotopic (exact) mass is 858 g/mol. The van der Waals surface area contributed by atoms with Crippen molar-refractivity contribution in [3.05, 3.63) is 65.2 Å². The van der Waals surface area contributed by atoms with Gasteiger partial charge in [0.1, 0.15) is 44.7 Å². The lowest BCUT2D eigenvalue weighted by atomic mass is 10.1. The number of imidazole rings is 2. The van der Waals surface area contributed by atoms with E-state index >= 15 is 4.39 Å². The van der Waals surface area contributed by atoms with Crippen LogP contribution >= 0.6 is 16.9 Å². The molecule has 59 heavy (non-hydrogen) atoms. The number of ether oxygens (including phenoxy) is 4. The van der Waals surface area contributed by atoms with Gasteiger partial charge in [0.05, 0.1) is 25.9 Å². The molecular formula is C33H38BFN10O12P2. The summed E-state index contributed by atoms with van der Waals surface area (Å²) in [6.07, 6.45) is -6.42. The van der Waals surface area contributed by atoms with Crippen molar-refractivity contribution >= 4 is 70.7 Å². The number of hydrogen-bond donors (Lipinski definition) is 3. The number of nitrogens with one attached hydrogen (secondary N) is 3. The van der Waals surface area contributed by atoms with E-state index < -0.39 is 96.0 Å². The second-order valence-electron chi connectivity index (χ2n) is 13.5. The van der Waals surface area contributed by atoms with Crippen molar-refractivity contribution in [2.45, 2.75) is 63.0 Å². The first kappa shape index (κ1) is 42.2. The summed E-state index contributed by atoms with van der Waals surface area (Å²) < 4.78 is 84.3. The highest BCUT2D eigenvalue weighted by molar-refractivity contribution is 7.33. The van der Waals surface area contributed by atoms with Gasteiger partial charge < -0.3 is 33.3 Å². The first-order chi connectivity index (χ1) is 28.5. The number of methoxy groups -OCH3 is 1. The molecule has 1 aromatic carbocycles. The molecule has 6 heterocycles. The zero-order valence-electron chi connectivity index (χ0n) is 31.8. The summed E-state index contributed by atoms with van der Waals surface area (Å²) >= 11 is 0. The van der Waals surface area contributed by atoms with Gasteiger partial charge in [-0.05, 0) is 12.1 Å². The molecular weight excluding hydrogens is 820 g/mol. The molecule has 9 atom stereocenters. The number of rotatable bonds is 17. The topological polar surface area (TPSA) is 264 Å². The van der Waals surface area contributed by atoms with Gasteiger partial charge in [-0.1, -0.05) is 32.0 Å². The van der Waals surface area contributed by atoms with Crippen molar-refractivity contribution in [3.8, 4) is 0 Å². The lowest BCUT2D eigenvalue weighted by Crippen LogP contribution is -2.36. The fraction of sp³-hybridized carbons (Fsp3) is 0.455. The first-order valence-corrected chi connectivity index (χ1v) is 20.2. The van der Waals surface area contributed by atoms with Crippen molar-refractivity contribution in [2.24, 2.45) is 5.92 Å². The Hall–Kier alpha value is -4.90. The molecule has 9 unspecified atom stereocenters. The Morgan fingerprint density at radius 2 is 1.69 bits per heavy atom. The van der Waals surface area contributed by atoms with E-state index in [2.05, 4.69) is 40.5 Å². The molecule has 0 aliphatic carbocycles. The minimum atomic E-state index is -3.50. The van der Waals surface area contributed by atoms with Crippen LogP contribution in [0.5, 0.6) is 0 Å². The van der Waals surface area contributed by atoms with Crippen LogP contribution in [-0.4, -0.2) is 122 Å². The second kappa shape index (κ2) is 18.6. The Bertz CT molecular complexity index is 2390.